The first kappa shape index (κ1) is 13.6. The Morgan fingerprint density at radius 2 is 2.18 bits per heavy atom. The number of carboxylic acid groups (broad SMARTS) is 1. The van der Waals surface area contributed by atoms with Crippen LogP contribution in [0.15, 0.2) is 12.3 Å². The van der Waals surface area contributed by atoms with Crippen LogP contribution in [0.2, 0.25) is 5.02 Å². The molecule has 1 aromatic rings. The number of halogens is 1. The summed E-state index contributed by atoms with van der Waals surface area (Å²) in [7, 11) is 0. The van der Waals surface area contributed by atoms with E-state index in [0.717, 1.165) is 0 Å². The van der Waals surface area contributed by atoms with Crippen LogP contribution in [0.1, 0.15) is 30.8 Å². The summed E-state index contributed by atoms with van der Waals surface area (Å²) < 4.78 is 0. The zero-order chi connectivity index (χ0) is 13.0. The van der Waals surface area contributed by atoms with Crippen molar-refractivity contribution in [2.24, 2.45) is 5.92 Å². The molecule has 0 unspecified atom stereocenters. The lowest BCUT2D eigenvalue weighted by Gasteiger charge is -2.15. The lowest BCUT2D eigenvalue weighted by molar-refractivity contribution is -0.139. The fraction of sp³-hybridized carbons (Fsp3) is 0.455. The number of amides is 1. The molecule has 1 heterocycles. The van der Waals surface area contributed by atoms with Gasteiger partial charge in [0.1, 0.15) is 11.7 Å². The van der Waals surface area contributed by atoms with Gasteiger partial charge in [0.25, 0.3) is 5.91 Å². The number of hydrogen-bond donors (Lipinski definition) is 3. The number of aliphatic carboxylic acids is 1. The highest BCUT2D eigenvalue weighted by molar-refractivity contribution is 6.30. The maximum atomic E-state index is 11.7. The molecular formula is C11H15ClN2O3. The molecule has 0 aliphatic carbocycles. The van der Waals surface area contributed by atoms with E-state index in [-0.39, 0.29) is 11.6 Å². The topological polar surface area (TPSA) is 82.2 Å². The molecule has 1 atom stereocenters. The lowest BCUT2D eigenvalue weighted by Crippen LogP contribution is -2.41. The van der Waals surface area contributed by atoms with Crippen molar-refractivity contribution in [3.63, 3.8) is 0 Å². The highest BCUT2D eigenvalue weighted by atomic mass is 35.5. The molecule has 17 heavy (non-hydrogen) atoms. The molecule has 0 spiro atoms. The standard InChI is InChI=1S/C11H15ClN2O3/c1-6(2)3-9(11(16)17)14-10(15)8-4-7(12)5-13-8/h4-6,9,13H,3H2,1-2H3,(H,14,15)(H,16,17)/t9-/m1/s1. The molecule has 0 fully saturated rings. The second kappa shape index (κ2) is 5.72. The van der Waals surface area contributed by atoms with E-state index < -0.39 is 17.9 Å². The fourth-order valence-corrected chi connectivity index (χ4v) is 1.59. The third-order valence-corrected chi connectivity index (χ3v) is 2.42. The van der Waals surface area contributed by atoms with Gasteiger partial charge >= 0.3 is 5.97 Å². The van der Waals surface area contributed by atoms with Gasteiger partial charge in [0.15, 0.2) is 0 Å². The van der Waals surface area contributed by atoms with E-state index in [0.29, 0.717) is 11.4 Å². The molecule has 1 rings (SSSR count). The molecule has 0 radical (unpaired) electrons. The molecule has 94 valence electrons. The van der Waals surface area contributed by atoms with Crippen LogP contribution >= 0.6 is 11.6 Å². The average Bonchev–Trinajstić information content (AvgIpc) is 2.63. The fourth-order valence-electron chi connectivity index (χ4n) is 1.43. The molecule has 5 nitrogen and oxygen atoms in total. The van der Waals surface area contributed by atoms with Gasteiger partial charge in [-0.15, -0.1) is 0 Å². The SMILES string of the molecule is CC(C)C[C@@H](NC(=O)c1cc(Cl)c[nH]1)C(=O)O. The molecule has 6 heteroatoms. The van der Waals surface area contributed by atoms with E-state index in [1.807, 2.05) is 13.8 Å². The van der Waals surface area contributed by atoms with Gasteiger partial charge in [-0.25, -0.2) is 4.79 Å². The third kappa shape index (κ3) is 4.11. The first-order valence-corrected chi connectivity index (χ1v) is 5.65. The summed E-state index contributed by atoms with van der Waals surface area (Å²) in [5, 5.41) is 11.8. The van der Waals surface area contributed by atoms with Crippen molar-refractivity contribution in [1.29, 1.82) is 0 Å². The maximum absolute atomic E-state index is 11.7. The Morgan fingerprint density at radius 1 is 1.53 bits per heavy atom. The molecule has 1 amide bonds. The Bertz CT molecular complexity index is 415. The van der Waals surface area contributed by atoms with Gasteiger partial charge in [0.05, 0.1) is 5.02 Å². The molecule has 3 N–H and O–H groups in total. The van der Waals surface area contributed by atoms with Crippen molar-refractivity contribution >= 4 is 23.5 Å². The number of aromatic amines is 1. The highest BCUT2D eigenvalue weighted by Gasteiger charge is 2.22. The number of H-pyrrole nitrogens is 1. The highest BCUT2D eigenvalue weighted by Crippen LogP contribution is 2.10. The number of nitrogens with one attached hydrogen (secondary N) is 2. The van der Waals surface area contributed by atoms with E-state index in [2.05, 4.69) is 10.3 Å². The second-order valence-electron chi connectivity index (χ2n) is 4.23. The molecule has 0 bridgehead atoms. The minimum absolute atomic E-state index is 0.184. The number of carboxylic acids is 1. The maximum Gasteiger partial charge on any atom is 0.326 e. The third-order valence-electron chi connectivity index (χ3n) is 2.20. The monoisotopic (exact) mass is 258 g/mol. The summed E-state index contributed by atoms with van der Waals surface area (Å²) in [6, 6.07) is 0.565. The molecule has 0 aliphatic rings. The summed E-state index contributed by atoms with van der Waals surface area (Å²) in [6.45, 7) is 3.79. The minimum atomic E-state index is -1.04. The quantitative estimate of drug-likeness (QED) is 0.754. The van der Waals surface area contributed by atoms with Crippen LogP contribution in [0, 0.1) is 5.92 Å². The molecule has 0 saturated heterocycles. The van der Waals surface area contributed by atoms with Gasteiger partial charge in [0.2, 0.25) is 0 Å². The Kier molecular flexibility index (Phi) is 4.57. The smallest absolute Gasteiger partial charge is 0.326 e. The predicted octanol–water partition coefficient (Wildman–Crippen LogP) is 1.90. The minimum Gasteiger partial charge on any atom is -0.480 e. The van der Waals surface area contributed by atoms with Crippen LogP contribution in [-0.2, 0) is 4.79 Å². The van der Waals surface area contributed by atoms with Crippen LogP contribution in [0.4, 0.5) is 0 Å². The van der Waals surface area contributed by atoms with Crippen molar-refractivity contribution in [3.05, 3.63) is 23.0 Å². The number of aromatic nitrogens is 1. The number of carbonyl (C=O) groups excluding carboxylic acids is 1. The number of hydrogen-bond acceptors (Lipinski definition) is 2. The van der Waals surface area contributed by atoms with Gasteiger partial charge in [-0.3, -0.25) is 4.79 Å². The zero-order valence-corrected chi connectivity index (χ0v) is 10.4. The van der Waals surface area contributed by atoms with E-state index in [9.17, 15) is 9.59 Å². The lowest BCUT2D eigenvalue weighted by atomic mass is 10.0. The largest absolute Gasteiger partial charge is 0.480 e. The predicted molar refractivity (Wildman–Crippen MR) is 64.1 cm³/mol. The van der Waals surface area contributed by atoms with Crippen molar-refractivity contribution in [1.82, 2.24) is 10.3 Å². The summed E-state index contributed by atoms with van der Waals surface area (Å²) >= 11 is 5.66. The van der Waals surface area contributed by atoms with Crippen LogP contribution in [0.5, 0.6) is 0 Å². The van der Waals surface area contributed by atoms with Crippen molar-refractivity contribution in [2.75, 3.05) is 0 Å². The first-order chi connectivity index (χ1) is 7.90. The van der Waals surface area contributed by atoms with Crippen molar-refractivity contribution in [3.8, 4) is 0 Å². The summed E-state index contributed by atoms with van der Waals surface area (Å²) in [4.78, 5) is 25.3. The van der Waals surface area contributed by atoms with Crippen molar-refractivity contribution in [2.45, 2.75) is 26.3 Å². The average molecular weight is 259 g/mol. The van der Waals surface area contributed by atoms with Crippen LogP contribution in [-0.4, -0.2) is 28.0 Å². The van der Waals surface area contributed by atoms with Crippen LogP contribution < -0.4 is 5.32 Å². The molecular weight excluding hydrogens is 244 g/mol. The Morgan fingerprint density at radius 3 is 2.59 bits per heavy atom. The first-order valence-electron chi connectivity index (χ1n) is 5.27. The Labute approximate surface area is 104 Å². The molecule has 0 saturated carbocycles. The van der Waals surface area contributed by atoms with E-state index in [1.165, 1.54) is 12.3 Å². The summed E-state index contributed by atoms with van der Waals surface area (Å²) in [5.74, 6) is -1.32. The summed E-state index contributed by atoms with van der Waals surface area (Å²) in [5.41, 5.74) is 0.255. The van der Waals surface area contributed by atoms with E-state index >= 15 is 0 Å². The summed E-state index contributed by atoms with van der Waals surface area (Å²) in [6.07, 6.45) is 1.85. The molecule has 0 aliphatic heterocycles. The second-order valence-corrected chi connectivity index (χ2v) is 4.66. The van der Waals surface area contributed by atoms with Gasteiger partial charge in [-0.2, -0.15) is 0 Å². The number of rotatable bonds is 5. The van der Waals surface area contributed by atoms with E-state index in [4.69, 9.17) is 16.7 Å². The van der Waals surface area contributed by atoms with Crippen LogP contribution in [0.25, 0.3) is 0 Å². The molecule has 1 aromatic heterocycles. The van der Waals surface area contributed by atoms with E-state index in [1.54, 1.807) is 0 Å². The van der Waals surface area contributed by atoms with Gasteiger partial charge in [-0.1, -0.05) is 25.4 Å². The number of carbonyl (C=O) groups is 2. The Hall–Kier alpha value is -1.49. The zero-order valence-electron chi connectivity index (χ0n) is 9.66. The van der Waals surface area contributed by atoms with Crippen LogP contribution in [0.3, 0.4) is 0 Å². The van der Waals surface area contributed by atoms with Gasteiger partial charge in [0, 0.05) is 6.20 Å². The Balaban J connectivity index is 2.67. The normalized spacial score (nSPS) is 12.5. The van der Waals surface area contributed by atoms with Gasteiger partial charge in [-0.05, 0) is 18.4 Å². The molecule has 0 aromatic carbocycles. The van der Waals surface area contributed by atoms with Crippen molar-refractivity contribution < 1.29 is 14.7 Å². The van der Waals surface area contributed by atoms with Gasteiger partial charge < -0.3 is 15.4 Å².